The number of hydrogen-bond acceptors (Lipinski definition) is 5. The quantitative estimate of drug-likeness (QED) is 0.814. The summed E-state index contributed by atoms with van der Waals surface area (Å²) in [6.45, 7) is 4.27. The number of benzene rings is 2. The summed E-state index contributed by atoms with van der Waals surface area (Å²) in [4.78, 5) is 33.3. The summed E-state index contributed by atoms with van der Waals surface area (Å²) in [5.74, 6) is -0.384. The number of nitrogens with one attached hydrogen (secondary N) is 2. The molecule has 2 aliphatic rings. The highest BCUT2D eigenvalue weighted by Crippen LogP contribution is 2.21. The Morgan fingerprint density at radius 3 is 2.57 bits per heavy atom. The van der Waals surface area contributed by atoms with E-state index >= 15 is 0 Å². The summed E-state index contributed by atoms with van der Waals surface area (Å²) < 4.78 is 14.0. The third-order valence-electron chi connectivity index (χ3n) is 5.27. The van der Waals surface area contributed by atoms with Gasteiger partial charge in [0.2, 0.25) is 17.8 Å². The molecule has 2 aromatic carbocycles. The molecule has 156 valence electrons. The Bertz CT molecular complexity index is 985. The van der Waals surface area contributed by atoms with E-state index in [9.17, 15) is 14.0 Å². The van der Waals surface area contributed by atoms with Crippen molar-refractivity contribution < 1.29 is 14.0 Å². The Morgan fingerprint density at radius 2 is 1.83 bits per heavy atom. The van der Waals surface area contributed by atoms with E-state index in [4.69, 9.17) is 0 Å². The first-order valence-corrected chi connectivity index (χ1v) is 9.99. The number of aliphatic imine (C=N–C) groups is 1. The summed E-state index contributed by atoms with van der Waals surface area (Å²) in [6, 6.07) is 13.4. The molecule has 2 amide bonds. The van der Waals surface area contributed by atoms with Gasteiger partial charge in [-0.05, 0) is 36.8 Å². The van der Waals surface area contributed by atoms with Crippen molar-refractivity contribution in [1.82, 2.24) is 10.2 Å². The van der Waals surface area contributed by atoms with Crippen molar-refractivity contribution in [3.63, 3.8) is 0 Å². The van der Waals surface area contributed by atoms with E-state index in [0.717, 1.165) is 5.56 Å². The number of rotatable bonds is 3. The lowest BCUT2D eigenvalue weighted by atomic mass is 10.1. The van der Waals surface area contributed by atoms with Gasteiger partial charge in [0.15, 0.2) is 0 Å². The predicted molar refractivity (Wildman–Crippen MR) is 114 cm³/mol. The molecule has 2 heterocycles. The molecule has 8 heteroatoms. The molecule has 2 N–H and O–H groups in total. The second-order valence-corrected chi connectivity index (χ2v) is 7.51. The third-order valence-corrected chi connectivity index (χ3v) is 5.27. The highest BCUT2D eigenvalue weighted by molar-refractivity contribution is 6.06. The van der Waals surface area contributed by atoms with E-state index in [0.29, 0.717) is 43.5 Å². The fourth-order valence-corrected chi connectivity index (χ4v) is 3.70. The van der Waals surface area contributed by atoms with Gasteiger partial charge in [0.25, 0.3) is 0 Å². The van der Waals surface area contributed by atoms with Crippen molar-refractivity contribution in [2.24, 2.45) is 4.99 Å². The fourth-order valence-electron chi connectivity index (χ4n) is 3.70. The van der Waals surface area contributed by atoms with E-state index in [1.54, 1.807) is 18.2 Å². The molecule has 0 radical (unpaired) electrons. The summed E-state index contributed by atoms with van der Waals surface area (Å²) >= 11 is 0. The summed E-state index contributed by atoms with van der Waals surface area (Å²) in [6.07, 6.45) is 0.0103. The van der Waals surface area contributed by atoms with Crippen LogP contribution in [-0.2, 0) is 9.59 Å². The highest BCUT2D eigenvalue weighted by atomic mass is 19.1. The average Bonchev–Trinajstić information content (AvgIpc) is 2.74. The van der Waals surface area contributed by atoms with Crippen LogP contribution in [0.2, 0.25) is 0 Å². The van der Waals surface area contributed by atoms with Crippen LogP contribution in [0.25, 0.3) is 0 Å². The first kappa shape index (κ1) is 19.9. The molecule has 1 saturated heterocycles. The normalized spacial score (nSPS) is 19.2. The highest BCUT2D eigenvalue weighted by Gasteiger charge is 2.31. The fraction of sp³-hybridized carbons (Fsp3) is 0.318. The van der Waals surface area contributed by atoms with E-state index < -0.39 is 6.04 Å². The first-order valence-electron chi connectivity index (χ1n) is 9.99. The number of carbonyl (C=O) groups is 2. The summed E-state index contributed by atoms with van der Waals surface area (Å²) in [7, 11) is 0. The second kappa shape index (κ2) is 8.52. The number of aryl methyl sites for hydroxylation is 1. The number of amides is 2. The Labute approximate surface area is 174 Å². The maximum absolute atomic E-state index is 14.0. The average molecular weight is 409 g/mol. The lowest BCUT2D eigenvalue weighted by molar-refractivity contribution is -0.125. The van der Waals surface area contributed by atoms with Crippen LogP contribution in [-0.4, -0.2) is 54.9 Å². The molecule has 0 aromatic heterocycles. The minimum absolute atomic E-state index is 0.0103. The maximum Gasteiger partial charge on any atom is 0.249 e. The van der Waals surface area contributed by atoms with Gasteiger partial charge < -0.3 is 15.1 Å². The van der Waals surface area contributed by atoms with Crippen molar-refractivity contribution in [2.45, 2.75) is 19.4 Å². The zero-order chi connectivity index (χ0) is 21.1. The molecule has 0 saturated carbocycles. The maximum atomic E-state index is 14.0. The van der Waals surface area contributed by atoms with Crippen molar-refractivity contribution in [2.75, 3.05) is 36.4 Å². The Morgan fingerprint density at radius 1 is 1.10 bits per heavy atom. The van der Waals surface area contributed by atoms with Gasteiger partial charge in [-0.2, -0.15) is 0 Å². The lowest BCUT2D eigenvalue weighted by Crippen LogP contribution is -2.56. The van der Waals surface area contributed by atoms with Crippen molar-refractivity contribution in [3.05, 3.63) is 59.9 Å². The number of nitrogens with zero attached hydrogens (tertiary/aromatic N) is 3. The van der Waals surface area contributed by atoms with Gasteiger partial charge in [-0.3, -0.25) is 14.9 Å². The smallest absolute Gasteiger partial charge is 0.249 e. The zero-order valence-corrected chi connectivity index (χ0v) is 16.8. The molecule has 2 aliphatic heterocycles. The Kier molecular flexibility index (Phi) is 5.65. The Balaban J connectivity index is 1.42. The van der Waals surface area contributed by atoms with Crippen LogP contribution in [0.5, 0.6) is 0 Å². The van der Waals surface area contributed by atoms with Crippen molar-refractivity contribution in [3.8, 4) is 0 Å². The van der Waals surface area contributed by atoms with Crippen LogP contribution in [0, 0.1) is 12.7 Å². The predicted octanol–water partition coefficient (Wildman–Crippen LogP) is 2.14. The van der Waals surface area contributed by atoms with Crippen LogP contribution in [0.3, 0.4) is 0 Å². The summed E-state index contributed by atoms with van der Waals surface area (Å²) in [5, 5.41) is 5.61. The minimum Gasteiger partial charge on any atom is -0.366 e. The van der Waals surface area contributed by atoms with Gasteiger partial charge in [-0.15, -0.1) is 0 Å². The molecule has 0 bridgehead atoms. The topological polar surface area (TPSA) is 77.0 Å². The molecule has 4 rings (SSSR count). The Hall–Kier alpha value is -3.42. The molecule has 30 heavy (non-hydrogen) atoms. The number of anilines is 2. The van der Waals surface area contributed by atoms with Crippen LogP contribution < -0.4 is 15.5 Å². The van der Waals surface area contributed by atoms with Gasteiger partial charge in [-0.25, -0.2) is 9.38 Å². The van der Waals surface area contributed by atoms with E-state index in [2.05, 4.69) is 15.6 Å². The van der Waals surface area contributed by atoms with Crippen LogP contribution in [0.4, 0.5) is 15.8 Å². The monoisotopic (exact) mass is 409 g/mol. The number of piperazine rings is 1. The zero-order valence-electron chi connectivity index (χ0n) is 16.8. The SMILES string of the molecule is Cc1cccc(NC(=O)C2CC(=O)NC(N3CCN(c4ccccc4F)CC3)=N2)c1. The van der Waals surface area contributed by atoms with Crippen LogP contribution >= 0.6 is 0 Å². The van der Waals surface area contributed by atoms with Gasteiger partial charge >= 0.3 is 0 Å². The molecular formula is C22H24FN5O2. The van der Waals surface area contributed by atoms with Gasteiger partial charge in [0, 0.05) is 31.9 Å². The third kappa shape index (κ3) is 4.42. The number of carbonyl (C=O) groups excluding carboxylic acids is 2. The number of hydrogen-bond donors (Lipinski definition) is 2. The number of para-hydroxylation sites is 1. The van der Waals surface area contributed by atoms with E-state index in [-0.39, 0.29) is 24.1 Å². The van der Waals surface area contributed by atoms with Crippen LogP contribution in [0.15, 0.2) is 53.5 Å². The number of guanidine groups is 1. The molecule has 1 fully saturated rings. The molecule has 1 unspecified atom stereocenters. The lowest BCUT2D eigenvalue weighted by Gasteiger charge is -2.38. The van der Waals surface area contributed by atoms with Gasteiger partial charge in [-0.1, -0.05) is 24.3 Å². The van der Waals surface area contributed by atoms with Gasteiger partial charge in [0.1, 0.15) is 11.9 Å². The first-order chi connectivity index (χ1) is 14.5. The largest absolute Gasteiger partial charge is 0.366 e. The minimum atomic E-state index is -0.779. The standard InChI is InChI=1S/C22H24FN5O2/c1-15-5-4-6-16(13-15)24-21(30)18-14-20(29)26-22(25-18)28-11-9-27(10-12-28)19-8-3-2-7-17(19)23/h2-8,13,18H,9-12,14H2,1H3,(H,24,30)(H,25,26,29). The molecule has 7 nitrogen and oxygen atoms in total. The molecule has 0 aliphatic carbocycles. The van der Waals surface area contributed by atoms with E-state index in [1.165, 1.54) is 6.07 Å². The van der Waals surface area contributed by atoms with Crippen LogP contribution in [0.1, 0.15) is 12.0 Å². The van der Waals surface area contributed by atoms with Gasteiger partial charge in [0.05, 0.1) is 12.1 Å². The summed E-state index contributed by atoms with van der Waals surface area (Å²) in [5.41, 5.74) is 2.29. The van der Waals surface area contributed by atoms with Crippen molar-refractivity contribution in [1.29, 1.82) is 0 Å². The van der Waals surface area contributed by atoms with E-state index in [1.807, 2.05) is 41.0 Å². The molecule has 0 spiro atoms. The number of halogens is 1. The molecule has 1 atom stereocenters. The molecule has 2 aromatic rings. The molecular weight excluding hydrogens is 385 g/mol. The second-order valence-electron chi connectivity index (χ2n) is 7.51. The van der Waals surface area contributed by atoms with Crippen molar-refractivity contribution >= 4 is 29.1 Å².